The Hall–Kier alpha value is -3.09. The molecule has 3 aromatic rings. The van der Waals surface area contributed by atoms with Gasteiger partial charge in [0.15, 0.2) is 0 Å². The summed E-state index contributed by atoms with van der Waals surface area (Å²) in [6, 6.07) is 7.55. The molecule has 1 N–H and O–H groups in total. The van der Waals surface area contributed by atoms with Crippen LogP contribution < -0.4 is 10.1 Å². The number of rotatable bonds is 5. The molecule has 0 fully saturated rings. The highest BCUT2D eigenvalue weighted by molar-refractivity contribution is 5.92. The van der Waals surface area contributed by atoms with Crippen molar-refractivity contribution in [3.63, 3.8) is 0 Å². The molecule has 0 saturated heterocycles. The Morgan fingerprint density at radius 1 is 1.31 bits per heavy atom. The second-order valence-electron chi connectivity index (χ2n) is 6.90. The molecule has 26 heavy (non-hydrogen) atoms. The summed E-state index contributed by atoms with van der Waals surface area (Å²) in [5.74, 6) is 1.48. The molecule has 0 radical (unpaired) electrons. The molecule has 0 bridgehead atoms. The van der Waals surface area contributed by atoms with Crippen molar-refractivity contribution in [3.8, 4) is 17.1 Å². The summed E-state index contributed by atoms with van der Waals surface area (Å²) in [7, 11) is 0. The van der Waals surface area contributed by atoms with Gasteiger partial charge in [-0.25, -0.2) is 0 Å². The molecular formula is C19H19N3O4. The molecule has 0 unspecified atom stereocenters. The maximum atomic E-state index is 12.3. The monoisotopic (exact) mass is 353 g/mol. The third-order valence-electron chi connectivity index (χ3n) is 4.18. The molecule has 0 spiro atoms. The summed E-state index contributed by atoms with van der Waals surface area (Å²) in [5, 5.41) is 6.80. The first kappa shape index (κ1) is 16.4. The summed E-state index contributed by atoms with van der Waals surface area (Å²) in [6.07, 6.45) is 4.50. The Morgan fingerprint density at radius 2 is 2.19 bits per heavy atom. The Balaban J connectivity index is 1.38. The Labute approximate surface area is 150 Å². The van der Waals surface area contributed by atoms with E-state index in [-0.39, 0.29) is 17.9 Å². The zero-order chi connectivity index (χ0) is 18.1. The van der Waals surface area contributed by atoms with E-state index in [0.717, 1.165) is 23.3 Å². The molecule has 7 heteroatoms. The topological polar surface area (TPSA) is 90.4 Å². The number of aryl methyl sites for hydroxylation is 1. The van der Waals surface area contributed by atoms with Gasteiger partial charge in [0, 0.05) is 24.8 Å². The van der Waals surface area contributed by atoms with Crippen LogP contribution in [0.4, 0.5) is 5.69 Å². The molecule has 7 nitrogen and oxygen atoms in total. The molecule has 134 valence electrons. The van der Waals surface area contributed by atoms with Gasteiger partial charge in [-0.3, -0.25) is 4.79 Å². The van der Waals surface area contributed by atoms with Crippen LogP contribution in [-0.2, 0) is 17.6 Å². The lowest BCUT2D eigenvalue weighted by Crippen LogP contribution is -2.25. The lowest BCUT2D eigenvalue weighted by atomic mass is 10.0. The Kier molecular flexibility index (Phi) is 3.99. The number of carbonyl (C=O) groups is 1. The molecule has 1 amide bonds. The molecule has 1 aliphatic heterocycles. The van der Waals surface area contributed by atoms with E-state index >= 15 is 0 Å². The maximum Gasteiger partial charge on any atom is 0.227 e. The smallest absolute Gasteiger partial charge is 0.227 e. The number of benzene rings is 1. The van der Waals surface area contributed by atoms with Crippen LogP contribution in [-0.4, -0.2) is 21.6 Å². The number of aromatic nitrogens is 2. The number of carbonyl (C=O) groups excluding carboxylic acids is 1. The van der Waals surface area contributed by atoms with Gasteiger partial charge in [-0.15, -0.1) is 0 Å². The van der Waals surface area contributed by atoms with E-state index in [1.54, 1.807) is 18.6 Å². The summed E-state index contributed by atoms with van der Waals surface area (Å²) in [6.45, 7) is 4.07. The standard InChI is InChI=1S/C19H19N3O4/c1-19(2)10-12-4-3-5-14(17(12)25-19)20-15(23)6-7-16-21-18(22-26-16)13-8-9-24-11-13/h3-5,8-9,11H,6-7,10H2,1-2H3,(H,20,23). The van der Waals surface area contributed by atoms with Gasteiger partial charge < -0.3 is 19.0 Å². The van der Waals surface area contributed by atoms with Crippen LogP contribution in [0.2, 0.25) is 0 Å². The largest absolute Gasteiger partial charge is 0.485 e. The van der Waals surface area contributed by atoms with Crippen LogP contribution >= 0.6 is 0 Å². The van der Waals surface area contributed by atoms with Gasteiger partial charge in [-0.05, 0) is 26.0 Å². The molecular weight excluding hydrogens is 334 g/mol. The second-order valence-corrected chi connectivity index (χ2v) is 6.90. The average molecular weight is 353 g/mol. The lowest BCUT2D eigenvalue weighted by Gasteiger charge is -2.18. The SMILES string of the molecule is CC1(C)Cc2cccc(NC(=O)CCc3nc(-c4ccoc4)no3)c2O1. The second kappa shape index (κ2) is 6.33. The van der Waals surface area contributed by atoms with Crippen LogP contribution in [0, 0.1) is 0 Å². The number of amides is 1. The third-order valence-corrected chi connectivity index (χ3v) is 4.18. The number of anilines is 1. The average Bonchev–Trinajstić information content (AvgIpc) is 3.31. The number of fused-ring (bicyclic) bond motifs is 1. The number of hydrogen-bond donors (Lipinski definition) is 1. The van der Waals surface area contributed by atoms with Gasteiger partial charge >= 0.3 is 0 Å². The highest BCUT2D eigenvalue weighted by Gasteiger charge is 2.31. The maximum absolute atomic E-state index is 12.3. The zero-order valence-electron chi connectivity index (χ0n) is 14.6. The van der Waals surface area contributed by atoms with Gasteiger partial charge in [-0.1, -0.05) is 17.3 Å². The van der Waals surface area contributed by atoms with Gasteiger partial charge in [0.05, 0.1) is 17.5 Å². The first-order chi connectivity index (χ1) is 12.5. The minimum absolute atomic E-state index is 0.130. The van der Waals surface area contributed by atoms with Crippen LogP contribution in [0.3, 0.4) is 0 Å². The molecule has 1 aliphatic rings. The number of furan rings is 1. The van der Waals surface area contributed by atoms with Crippen molar-refractivity contribution in [1.82, 2.24) is 10.1 Å². The molecule has 0 atom stereocenters. The first-order valence-corrected chi connectivity index (χ1v) is 8.46. The predicted octanol–water partition coefficient (Wildman–Crippen LogP) is 3.61. The minimum atomic E-state index is -0.254. The van der Waals surface area contributed by atoms with E-state index in [1.165, 1.54) is 0 Å². The molecule has 0 aliphatic carbocycles. The normalized spacial score (nSPS) is 14.7. The summed E-state index contributed by atoms with van der Waals surface area (Å²) in [4.78, 5) is 16.6. The number of hydrogen-bond acceptors (Lipinski definition) is 6. The van der Waals surface area contributed by atoms with Crippen molar-refractivity contribution < 1.29 is 18.5 Å². The van der Waals surface area contributed by atoms with E-state index < -0.39 is 0 Å². The Bertz CT molecular complexity index is 928. The molecule has 4 rings (SSSR count). The van der Waals surface area contributed by atoms with Gasteiger partial charge in [-0.2, -0.15) is 4.98 Å². The highest BCUT2D eigenvalue weighted by Crippen LogP contribution is 2.40. The number of para-hydroxylation sites is 1. The van der Waals surface area contributed by atoms with E-state index in [9.17, 15) is 4.79 Å². The van der Waals surface area contributed by atoms with Crippen molar-refractivity contribution in [2.75, 3.05) is 5.32 Å². The van der Waals surface area contributed by atoms with E-state index in [4.69, 9.17) is 13.7 Å². The van der Waals surface area contributed by atoms with Crippen molar-refractivity contribution in [1.29, 1.82) is 0 Å². The number of nitrogens with one attached hydrogen (secondary N) is 1. The zero-order valence-corrected chi connectivity index (χ0v) is 14.6. The van der Waals surface area contributed by atoms with Crippen molar-refractivity contribution in [3.05, 3.63) is 48.2 Å². The predicted molar refractivity (Wildman–Crippen MR) is 93.8 cm³/mol. The number of ether oxygens (including phenoxy) is 1. The van der Waals surface area contributed by atoms with Crippen LogP contribution in [0.1, 0.15) is 31.7 Å². The van der Waals surface area contributed by atoms with Gasteiger partial charge in [0.2, 0.25) is 17.6 Å². The van der Waals surface area contributed by atoms with E-state index in [1.807, 2.05) is 32.0 Å². The van der Waals surface area contributed by atoms with Crippen LogP contribution in [0.15, 0.2) is 45.7 Å². The van der Waals surface area contributed by atoms with Gasteiger partial charge in [0.25, 0.3) is 0 Å². The van der Waals surface area contributed by atoms with Crippen LogP contribution in [0.25, 0.3) is 11.4 Å². The quantitative estimate of drug-likeness (QED) is 0.753. The summed E-state index contributed by atoms with van der Waals surface area (Å²) >= 11 is 0. The summed E-state index contributed by atoms with van der Waals surface area (Å²) < 4.78 is 16.1. The van der Waals surface area contributed by atoms with Crippen molar-refractivity contribution >= 4 is 11.6 Å². The van der Waals surface area contributed by atoms with Crippen LogP contribution in [0.5, 0.6) is 5.75 Å². The lowest BCUT2D eigenvalue weighted by molar-refractivity contribution is -0.116. The van der Waals surface area contributed by atoms with Crippen molar-refractivity contribution in [2.45, 2.75) is 38.7 Å². The third kappa shape index (κ3) is 3.33. The van der Waals surface area contributed by atoms with E-state index in [2.05, 4.69) is 15.5 Å². The van der Waals surface area contributed by atoms with E-state index in [0.29, 0.717) is 23.8 Å². The fourth-order valence-corrected chi connectivity index (χ4v) is 3.01. The number of nitrogens with zero attached hydrogens (tertiary/aromatic N) is 2. The molecule has 1 aromatic carbocycles. The Morgan fingerprint density at radius 3 is 3.00 bits per heavy atom. The first-order valence-electron chi connectivity index (χ1n) is 8.46. The minimum Gasteiger partial charge on any atom is -0.485 e. The molecule has 0 saturated carbocycles. The fourth-order valence-electron chi connectivity index (χ4n) is 3.01. The van der Waals surface area contributed by atoms with Gasteiger partial charge in [0.1, 0.15) is 17.6 Å². The molecule has 3 heterocycles. The fraction of sp³-hybridized carbons (Fsp3) is 0.316. The molecule has 2 aromatic heterocycles. The summed E-state index contributed by atoms with van der Waals surface area (Å²) in [5.41, 5.74) is 2.29. The van der Waals surface area contributed by atoms with Crippen molar-refractivity contribution in [2.24, 2.45) is 0 Å². The highest BCUT2D eigenvalue weighted by atomic mass is 16.5.